The minimum absolute atomic E-state index is 0. The number of hydrogen-bond donors (Lipinski definition) is 0. The molecule has 0 radical (unpaired) electrons. The molecule has 0 spiro atoms. The van der Waals surface area contributed by atoms with Crippen LogP contribution in [0.15, 0.2) is 0 Å². The predicted octanol–water partition coefficient (Wildman–Crippen LogP) is -7.21. The normalized spacial score (nSPS) is 3.43. The molecule has 4 N–H and O–H groups in total. The zero-order valence-corrected chi connectivity index (χ0v) is 11.2. The zero-order chi connectivity index (χ0) is 7.15. The summed E-state index contributed by atoms with van der Waals surface area (Å²) in [7, 11) is 0. The van der Waals surface area contributed by atoms with E-state index in [1.165, 1.54) is 0 Å². The fourth-order valence-electron chi connectivity index (χ4n) is 0. The van der Waals surface area contributed by atoms with E-state index >= 15 is 0 Å². The molecule has 0 atom stereocenters. The van der Waals surface area contributed by atoms with Crippen LogP contribution in [0.4, 0.5) is 9.59 Å². The van der Waals surface area contributed by atoms with E-state index < -0.39 is 12.3 Å². The Labute approximate surface area is 127 Å². The van der Waals surface area contributed by atoms with Gasteiger partial charge in [0.1, 0.15) is 0 Å². The van der Waals surface area contributed by atoms with Crippen LogP contribution in [-0.4, -0.2) is 97.9 Å². The van der Waals surface area contributed by atoms with E-state index in [1.807, 2.05) is 0 Å². The number of carboxylic acid groups (broad SMARTS) is 4. The molecule has 0 aliphatic rings. The molecule has 0 unspecified atom stereocenters. The Hall–Kier alpha value is 0.719. The molecule has 0 rings (SSSR count). The summed E-state index contributed by atoms with van der Waals surface area (Å²) in [6.45, 7) is 0. The molecule has 0 bridgehead atoms. The summed E-state index contributed by atoms with van der Waals surface area (Å²) in [6, 6.07) is 0. The van der Waals surface area contributed by atoms with Gasteiger partial charge >= 0.3 is 69.2 Å². The van der Waals surface area contributed by atoms with E-state index in [4.69, 9.17) is 30.0 Å². The van der Waals surface area contributed by atoms with Crippen molar-refractivity contribution in [1.82, 2.24) is 0 Å². The van der Waals surface area contributed by atoms with Crippen LogP contribution in [-0.2, 0) is 0 Å². The molecular formula is C2H4Mg3O9. The molecule has 0 aliphatic carbocycles. The van der Waals surface area contributed by atoms with Crippen LogP contribution in [0.2, 0.25) is 0 Å². The molecule has 72 valence electrons. The molecule has 14 heavy (non-hydrogen) atoms. The Morgan fingerprint density at radius 2 is 0.643 bits per heavy atom. The molecular weight excluding hydrogens is 241 g/mol. The Kier molecular flexibility index (Phi) is 215. The van der Waals surface area contributed by atoms with Crippen LogP contribution in [0.25, 0.3) is 0 Å². The van der Waals surface area contributed by atoms with Gasteiger partial charge in [-0.25, -0.2) is 0 Å². The quantitative estimate of drug-likeness (QED) is 0.372. The van der Waals surface area contributed by atoms with Crippen molar-refractivity contribution in [3.05, 3.63) is 0 Å². The molecule has 0 saturated carbocycles. The zero-order valence-electron chi connectivity index (χ0n) is 6.97. The summed E-state index contributed by atoms with van der Waals surface area (Å²) in [5.74, 6) is 0. The maximum atomic E-state index is 8.33. The van der Waals surface area contributed by atoms with Crippen LogP contribution in [0, 0.1) is 0 Å². The van der Waals surface area contributed by atoms with Gasteiger partial charge < -0.3 is 46.4 Å². The first-order valence-electron chi connectivity index (χ1n) is 1.22. The van der Waals surface area contributed by atoms with E-state index in [0.29, 0.717) is 0 Å². The molecule has 0 aromatic rings. The topological polar surface area (TPSA) is 218 Å². The van der Waals surface area contributed by atoms with Crippen molar-refractivity contribution < 1.29 is 46.4 Å². The van der Waals surface area contributed by atoms with E-state index in [-0.39, 0.29) is 85.6 Å². The van der Waals surface area contributed by atoms with Crippen molar-refractivity contribution in [2.75, 3.05) is 0 Å². The van der Waals surface area contributed by atoms with Crippen molar-refractivity contribution in [2.24, 2.45) is 0 Å². The van der Waals surface area contributed by atoms with Gasteiger partial charge in [0.2, 0.25) is 0 Å². The summed E-state index contributed by atoms with van der Waals surface area (Å²) in [5, 5.41) is 33.3. The molecule has 0 aromatic heterocycles. The van der Waals surface area contributed by atoms with Crippen LogP contribution < -0.4 is 20.4 Å². The third-order valence-corrected chi connectivity index (χ3v) is 0. The SMILES string of the molecule is O.O=C([O-])[O-].O=C([O-])[O-].[Mg+2].[Mg+2].[Mg+2].[OH-].[OH-]. The van der Waals surface area contributed by atoms with E-state index in [0.717, 1.165) is 0 Å². The fourth-order valence-corrected chi connectivity index (χ4v) is 0. The molecule has 0 heterocycles. The summed E-state index contributed by atoms with van der Waals surface area (Å²) in [4.78, 5) is 16.7. The van der Waals surface area contributed by atoms with Crippen LogP contribution in [0.3, 0.4) is 0 Å². The van der Waals surface area contributed by atoms with Crippen molar-refractivity contribution in [2.45, 2.75) is 0 Å². The predicted molar refractivity (Wildman–Crippen MR) is 35.5 cm³/mol. The molecule has 0 aromatic carbocycles. The molecule has 0 aliphatic heterocycles. The number of hydrogen-bond acceptors (Lipinski definition) is 8. The maximum Gasteiger partial charge on any atom is 2.00 e. The van der Waals surface area contributed by atoms with Crippen LogP contribution >= 0.6 is 0 Å². The summed E-state index contributed by atoms with van der Waals surface area (Å²) >= 11 is 0. The molecule has 12 heteroatoms. The number of carbonyl (C=O) groups is 2. The average Bonchev–Trinajstić information content (AvgIpc) is 1.25. The monoisotopic (exact) mass is 244 g/mol. The summed E-state index contributed by atoms with van der Waals surface area (Å²) in [6.07, 6.45) is -4.67. The summed E-state index contributed by atoms with van der Waals surface area (Å²) in [5.41, 5.74) is 0. The van der Waals surface area contributed by atoms with Gasteiger partial charge in [0.25, 0.3) is 0 Å². The van der Waals surface area contributed by atoms with Gasteiger partial charge in [-0.3, -0.25) is 0 Å². The van der Waals surface area contributed by atoms with Crippen molar-refractivity contribution in [3.8, 4) is 0 Å². The largest absolute Gasteiger partial charge is 2.00 e. The number of carbonyl (C=O) groups excluding carboxylic acids is 2. The molecule has 0 amide bonds. The Balaban J connectivity index is -0.00000000600. The second kappa shape index (κ2) is 49.2. The van der Waals surface area contributed by atoms with Gasteiger partial charge in [-0.05, 0) is 12.3 Å². The van der Waals surface area contributed by atoms with Gasteiger partial charge in [-0.1, -0.05) is 0 Å². The van der Waals surface area contributed by atoms with E-state index in [2.05, 4.69) is 0 Å². The first kappa shape index (κ1) is 61.4. The number of rotatable bonds is 0. The van der Waals surface area contributed by atoms with Gasteiger partial charge in [0.05, 0.1) is 0 Å². The third-order valence-electron chi connectivity index (χ3n) is 0. The van der Waals surface area contributed by atoms with Gasteiger partial charge in [-0.2, -0.15) is 0 Å². The van der Waals surface area contributed by atoms with E-state index in [1.54, 1.807) is 0 Å². The second-order valence-corrected chi connectivity index (χ2v) is 0.500. The Morgan fingerprint density at radius 1 is 0.643 bits per heavy atom. The van der Waals surface area contributed by atoms with Crippen molar-refractivity contribution >= 4 is 81.5 Å². The maximum absolute atomic E-state index is 8.33. The van der Waals surface area contributed by atoms with E-state index in [9.17, 15) is 0 Å². The third kappa shape index (κ3) is 3380. The van der Waals surface area contributed by atoms with Gasteiger partial charge in [-0.15, -0.1) is 0 Å². The van der Waals surface area contributed by atoms with Crippen molar-refractivity contribution in [3.63, 3.8) is 0 Å². The molecule has 9 nitrogen and oxygen atoms in total. The van der Waals surface area contributed by atoms with Crippen molar-refractivity contribution in [1.29, 1.82) is 0 Å². The first-order chi connectivity index (χ1) is 3.46. The van der Waals surface area contributed by atoms with Crippen LogP contribution in [0.1, 0.15) is 0 Å². The molecule has 0 saturated heterocycles. The Bertz CT molecular complexity index is 76.1. The second-order valence-electron chi connectivity index (χ2n) is 0.500. The smallest absolute Gasteiger partial charge is 0.870 e. The minimum Gasteiger partial charge on any atom is -0.870 e. The van der Waals surface area contributed by atoms with Gasteiger partial charge in [0, 0.05) is 0 Å². The molecule has 0 fully saturated rings. The first-order valence-corrected chi connectivity index (χ1v) is 1.22. The standard InChI is InChI=1S/2CH2O3.3Mg.3H2O/c2*2-1(3)4;;;;;;/h2*(H2,2,3,4);;;;3*1H2/q;;3*+2;;;/p-6. The van der Waals surface area contributed by atoms with Crippen LogP contribution in [0.5, 0.6) is 0 Å². The van der Waals surface area contributed by atoms with Gasteiger partial charge in [0.15, 0.2) is 0 Å². The Morgan fingerprint density at radius 3 is 0.643 bits per heavy atom. The average molecular weight is 245 g/mol. The summed E-state index contributed by atoms with van der Waals surface area (Å²) < 4.78 is 0. The minimum atomic E-state index is -2.33. The fraction of sp³-hybridized carbons (Fsp3) is 0.